The highest BCUT2D eigenvalue weighted by Crippen LogP contribution is 2.25. The fourth-order valence-electron chi connectivity index (χ4n) is 1.60. The molecule has 0 aliphatic heterocycles. The summed E-state index contributed by atoms with van der Waals surface area (Å²) in [5.41, 5.74) is 0.462. The van der Waals surface area contributed by atoms with Crippen molar-refractivity contribution in [3.05, 3.63) is 63.9 Å². The Morgan fingerprint density at radius 1 is 1.17 bits per heavy atom. The van der Waals surface area contributed by atoms with E-state index in [2.05, 4.69) is 15.9 Å². The van der Waals surface area contributed by atoms with E-state index in [0.717, 1.165) is 0 Å². The number of carbonyl (C=O) groups is 1. The first-order chi connectivity index (χ1) is 8.63. The molecule has 0 radical (unpaired) electrons. The summed E-state index contributed by atoms with van der Waals surface area (Å²) in [6, 6.07) is 10.9. The third-order valence-corrected chi connectivity index (χ3v) is 3.20. The van der Waals surface area contributed by atoms with Crippen molar-refractivity contribution < 1.29 is 13.9 Å². The largest absolute Gasteiger partial charge is 0.497 e. The summed E-state index contributed by atoms with van der Waals surface area (Å²) in [4.78, 5) is 12.2. The standard InChI is InChI=1S/C14H10BrFO2/c1-18-9-6-7-10(12(15)8-9)14(17)11-4-2-3-5-13(11)16/h2-8H,1H3. The molecule has 0 heterocycles. The summed E-state index contributed by atoms with van der Waals surface area (Å²) < 4.78 is 19.2. The second kappa shape index (κ2) is 5.31. The molecule has 2 rings (SSSR count). The van der Waals surface area contributed by atoms with Crippen molar-refractivity contribution in [2.24, 2.45) is 0 Å². The average Bonchev–Trinajstić information content (AvgIpc) is 2.38. The van der Waals surface area contributed by atoms with E-state index in [1.807, 2.05) is 0 Å². The summed E-state index contributed by atoms with van der Waals surface area (Å²) >= 11 is 3.29. The normalized spacial score (nSPS) is 10.2. The molecule has 0 aliphatic carbocycles. The van der Waals surface area contributed by atoms with E-state index >= 15 is 0 Å². The van der Waals surface area contributed by atoms with Crippen LogP contribution in [0.3, 0.4) is 0 Å². The molecule has 0 saturated carbocycles. The van der Waals surface area contributed by atoms with Crippen LogP contribution in [0.5, 0.6) is 5.75 Å². The lowest BCUT2D eigenvalue weighted by Crippen LogP contribution is -2.05. The zero-order valence-electron chi connectivity index (χ0n) is 9.61. The van der Waals surface area contributed by atoms with Gasteiger partial charge in [-0.1, -0.05) is 12.1 Å². The molecule has 0 aliphatic rings. The molecule has 0 N–H and O–H groups in total. The molecule has 0 amide bonds. The fraction of sp³-hybridized carbons (Fsp3) is 0.0714. The van der Waals surface area contributed by atoms with Gasteiger partial charge in [0.2, 0.25) is 0 Å². The Balaban J connectivity index is 2.44. The van der Waals surface area contributed by atoms with Crippen molar-refractivity contribution >= 4 is 21.7 Å². The first-order valence-electron chi connectivity index (χ1n) is 5.26. The third-order valence-electron chi connectivity index (χ3n) is 2.54. The van der Waals surface area contributed by atoms with Crippen molar-refractivity contribution in [1.29, 1.82) is 0 Å². The van der Waals surface area contributed by atoms with Crippen LogP contribution in [0, 0.1) is 5.82 Å². The van der Waals surface area contributed by atoms with Crippen LogP contribution in [0.25, 0.3) is 0 Å². The lowest BCUT2D eigenvalue weighted by atomic mass is 10.0. The fourth-order valence-corrected chi connectivity index (χ4v) is 2.14. The molecule has 4 heteroatoms. The molecular weight excluding hydrogens is 299 g/mol. The number of ether oxygens (including phenoxy) is 1. The molecule has 2 nitrogen and oxygen atoms in total. The smallest absolute Gasteiger partial charge is 0.197 e. The monoisotopic (exact) mass is 308 g/mol. The molecule has 2 aromatic rings. The number of benzene rings is 2. The van der Waals surface area contributed by atoms with Gasteiger partial charge in [0.25, 0.3) is 0 Å². The van der Waals surface area contributed by atoms with E-state index in [1.54, 1.807) is 37.4 Å². The Morgan fingerprint density at radius 2 is 1.89 bits per heavy atom. The van der Waals surface area contributed by atoms with Crippen LogP contribution in [-0.4, -0.2) is 12.9 Å². The molecule has 18 heavy (non-hydrogen) atoms. The van der Waals surface area contributed by atoms with Crippen LogP contribution in [0.15, 0.2) is 46.9 Å². The van der Waals surface area contributed by atoms with Gasteiger partial charge in [0.15, 0.2) is 5.78 Å². The van der Waals surface area contributed by atoms with Gasteiger partial charge in [-0.2, -0.15) is 0 Å². The molecule has 0 fully saturated rings. The van der Waals surface area contributed by atoms with Crippen LogP contribution >= 0.6 is 15.9 Å². The Labute approximate surface area is 113 Å². The second-order valence-electron chi connectivity index (χ2n) is 3.65. The SMILES string of the molecule is COc1ccc(C(=O)c2ccccc2F)c(Br)c1. The number of rotatable bonds is 3. The highest BCUT2D eigenvalue weighted by atomic mass is 79.9. The topological polar surface area (TPSA) is 26.3 Å². The van der Waals surface area contributed by atoms with E-state index in [1.165, 1.54) is 12.1 Å². The maximum atomic E-state index is 13.5. The van der Waals surface area contributed by atoms with Crippen LogP contribution in [0.1, 0.15) is 15.9 Å². The van der Waals surface area contributed by atoms with Gasteiger partial charge in [0.05, 0.1) is 12.7 Å². The van der Waals surface area contributed by atoms with E-state index in [-0.39, 0.29) is 11.3 Å². The van der Waals surface area contributed by atoms with Crippen molar-refractivity contribution in [2.75, 3.05) is 7.11 Å². The highest BCUT2D eigenvalue weighted by molar-refractivity contribution is 9.10. The Morgan fingerprint density at radius 3 is 2.50 bits per heavy atom. The summed E-state index contributed by atoms with van der Waals surface area (Å²) in [6.45, 7) is 0. The van der Waals surface area contributed by atoms with E-state index < -0.39 is 5.82 Å². The first kappa shape index (κ1) is 12.8. The molecule has 0 bridgehead atoms. The van der Waals surface area contributed by atoms with Gasteiger partial charge in [-0.25, -0.2) is 4.39 Å². The van der Waals surface area contributed by atoms with Crippen molar-refractivity contribution in [3.8, 4) is 5.75 Å². The van der Waals surface area contributed by atoms with Gasteiger partial charge < -0.3 is 4.74 Å². The molecule has 0 aromatic heterocycles. The molecule has 92 valence electrons. The van der Waals surface area contributed by atoms with Gasteiger partial charge in [-0.05, 0) is 46.3 Å². The zero-order chi connectivity index (χ0) is 13.1. The predicted molar refractivity (Wildman–Crippen MR) is 70.5 cm³/mol. The molecule has 2 aromatic carbocycles. The Hall–Kier alpha value is -1.68. The summed E-state index contributed by atoms with van der Waals surface area (Å²) in [6.07, 6.45) is 0. The number of carbonyl (C=O) groups excluding carboxylic acids is 1. The van der Waals surface area contributed by atoms with Gasteiger partial charge in [-0.15, -0.1) is 0 Å². The van der Waals surface area contributed by atoms with Gasteiger partial charge >= 0.3 is 0 Å². The molecule has 0 saturated heterocycles. The van der Waals surface area contributed by atoms with E-state index in [0.29, 0.717) is 15.8 Å². The molecule has 0 spiro atoms. The number of halogens is 2. The summed E-state index contributed by atoms with van der Waals surface area (Å²) in [7, 11) is 1.54. The number of hydrogen-bond acceptors (Lipinski definition) is 2. The van der Waals surface area contributed by atoms with Gasteiger partial charge in [0, 0.05) is 10.0 Å². The van der Waals surface area contributed by atoms with Crippen molar-refractivity contribution in [1.82, 2.24) is 0 Å². The quantitative estimate of drug-likeness (QED) is 0.806. The molecule has 0 unspecified atom stereocenters. The van der Waals surface area contributed by atoms with E-state index in [4.69, 9.17) is 4.74 Å². The number of methoxy groups -OCH3 is 1. The van der Waals surface area contributed by atoms with Crippen LogP contribution in [0.4, 0.5) is 4.39 Å². The van der Waals surface area contributed by atoms with Crippen LogP contribution in [-0.2, 0) is 0 Å². The second-order valence-corrected chi connectivity index (χ2v) is 4.51. The summed E-state index contributed by atoms with van der Waals surface area (Å²) in [5.74, 6) is -0.250. The highest BCUT2D eigenvalue weighted by Gasteiger charge is 2.16. The first-order valence-corrected chi connectivity index (χ1v) is 6.05. The maximum Gasteiger partial charge on any atom is 0.197 e. The lowest BCUT2D eigenvalue weighted by Gasteiger charge is -2.06. The lowest BCUT2D eigenvalue weighted by molar-refractivity contribution is 0.103. The van der Waals surface area contributed by atoms with Crippen molar-refractivity contribution in [3.63, 3.8) is 0 Å². The van der Waals surface area contributed by atoms with Gasteiger partial charge in [-0.3, -0.25) is 4.79 Å². The minimum atomic E-state index is -0.523. The van der Waals surface area contributed by atoms with Crippen molar-refractivity contribution in [2.45, 2.75) is 0 Å². The Kier molecular flexibility index (Phi) is 3.77. The minimum Gasteiger partial charge on any atom is -0.497 e. The predicted octanol–water partition coefficient (Wildman–Crippen LogP) is 3.83. The zero-order valence-corrected chi connectivity index (χ0v) is 11.2. The third kappa shape index (κ3) is 2.43. The van der Waals surface area contributed by atoms with Crippen LogP contribution in [0.2, 0.25) is 0 Å². The number of ketones is 1. The van der Waals surface area contributed by atoms with Crippen LogP contribution < -0.4 is 4.74 Å². The Bertz CT molecular complexity index is 596. The molecule has 0 atom stereocenters. The average molecular weight is 309 g/mol. The maximum absolute atomic E-state index is 13.5. The van der Waals surface area contributed by atoms with Gasteiger partial charge in [0.1, 0.15) is 11.6 Å². The number of hydrogen-bond donors (Lipinski definition) is 0. The molecular formula is C14H10BrFO2. The minimum absolute atomic E-state index is 0.0587. The van der Waals surface area contributed by atoms with E-state index in [9.17, 15) is 9.18 Å². The summed E-state index contributed by atoms with van der Waals surface area (Å²) in [5, 5.41) is 0.